The second kappa shape index (κ2) is 5.50. The van der Waals surface area contributed by atoms with E-state index in [1.54, 1.807) is 10.9 Å². The molecule has 3 aromatic rings. The summed E-state index contributed by atoms with van der Waals surface area (Å²) in [6.07, 6.45) is 5.60. The number of carbonyl (C=O) groups excluding carboxylic acids is 1. The van der Waals surface area contributed by atoms with Crippen LogP contribution >= 0.6 is 0 Å². The third-order valence-corrected chi connectivity index (χ3v) is 4.54. The van der Waals surface area contributed by atoms with Crippen LogP contribution in [0.2, 0.25) is 0 Å². The number of aryl methyl sites for hydroxylation is 1. The zero-order valence-corrected chi connectivity index (χ0v) is 13.0. The van der Waals surface area contributed by atoms with Crippen LogP contribution in [0.25, 0.3) is 10.9 Å². The van der Waals surface area contributed by atoms with Gasteiger partial charge in [-0.1, -0.05) is 24.3 Å². The highest BCUT2D eigenvalue weighted by Crippen LogP contribution is 2.33. The van der Waals surface area contributed by atoms with Crippen molar-refractivity contribution in [2.75, 3.05) is 6.54 Å². The molecule has 5 heteroatoms. The lowest BCUT2D eigenvalue weighted by Crippen LogP contribution is -2.31. The van der Waals surface area contributed by atoms with Gasteiger partial charge >= 0.3 is 0 Å². The fourth-order valence-electron chi connectivity index (χ4n) is 3.44. The molecule has 0 aliphatic carbocycles. The van der Waals surface area contributed by atoms with E-state index in [4.69, 9.17) is 0 Å². The van der Waals surface area contributed by atoms with E-state index in [2.05, 4.69) is 10.1 Å². The van der Waals surface area contributed by atoms with Crippen molar-refractivity contribution in [1.29, 1.82) is 0 Å². The summed E-state index contributed by atoms with van der Waals surface area (Å²) in [5, 5.41) is 5.39. The molecule has 5 nitrogen and oxygen atoms in total. The number of nitrogens with zero attached hydrogens (tertiary/aromatic N) is 4. The second-order valence-electron chi connectivity index (χ2n) is 5.93. The van der Waals surface area contributed by atoms with E-state index in [9.17, 15) is 4.79 Å². The number of hydrogen-bond donors (Lipinski definition) is 0. The number of para-hydroxylation sites is 1. The lowest BCUT2D eigenvalue weighted by atomic mass is 10.1. The van der Waals surface area contributed by atoms with Gasteiger partial charge in [-0.05, 0) is 30.5 Å². The molecule has 4 rings (SSSR count). The SMILES string of the molecule is Cn1nc(C(=O)N2CCCC2c2cccnc2)c2ccccc21. The van der Waals surface area contributed by atoms with Gasteiger partial charge < -0.3 is 4.90 Å². The average Bonchev–Trinajstić information content (AvgIpc) is 3.21. The molecule has 2 aromatic heterocycles. The number of pyridine rings is 1. The van der Waals surface area contributed by atoms with Crippen LogP contribution in [0, 0.1) is 0 Å². The molecule has 1 amide bonds. The van der Waals surface area contributed by atoms with Crippen LogP contribution in [0.3, 0.4) is 0 Å². The molecule has 1 fully saturated rings. The molecule has 1 aliphatic rings. The molecule has 1 aromatic carbocycles. The van der Waals surface area contributed by atoms with Crippen LogP contribution in [0.1, 0.15) is 34.9 Å². The van der Waals surface area contributed by atoms with E-state index >= 15 is 0 Å². The van der Waals surface area contributed by atoms with Crippen LogP contribution in [0.15, 0.2) is 48.8 Å². The molecule has 0 spiro atoms. The first kappa shape index (κ1) is 13.9. The highest BCUT2D eigenvalue weighted by atomic mass is 16.2. The number of amides is 1. The summed E-state index contributed by atoms with van der Waals surface area (Å²) < 4.78 is 1.78. The van der Waals surface area contributed by atoms with Crippen molar-refractivity contribution in [3.63, 3.8) is 0 Å². The summed E-state index contributed by atoms with van der Waals surface area (Å²) in [5.74, 6) is 0.00755. The van der Waals surface area contributed by atoms with Crippen molar-refractivity contribution in [2.24, 2.45) is 7.05 Å². The molecule has 0 saturated carbocycles. The topological polar surface area (TPSA) is 51.0 Å². The van der Waals surface area contributed by atoms with Crippen molar-refractivity contribution >= 4 is 16.8 Å². The highest BCUT2D eigenvalue weighted by molar-refractivity contribution is 6.05. The van der Waals surface area contributed by atoms with Crippen molar-refractivity contribution in [3.05, 3.63) is 60.0 Å². The van der Waals surface area contributed by atoms with E-state index in [1.165, 1.54) is 0 Å². The zero-order valence-electron chi connectivity index (χ0n) is 13.0. The van der Waals surface area contributed by atoms with Crippen LogP contribution in [0.4, 0.5) is 0 Å². The Labute approximate surface area is 134 Å². The van der Waals surface area contributed by atoms with E-state index in [-0.39, 0.29) is 11.9 Å². The highest BCUT2D eigenvalue weighted by Gasteiger charge is 2.32. The minimum atomic E-state index is 0.00755. The molecule has 0 bridgehead atoms. The van der Waals surface area contributed by atoms with Gasteiger partial charge in [0.2, 0.25) is 0 Å². The Hall–Kier alpha value is -2.69. The maximum absolute atomic E-state index is 13.1. The molecule has 1 unspecified atom stereocenters. The van der Waals surface area contributed by atoms with Gasteiger partial charge in [-0.25, -0.2) is 0 Å². The minimum absolute atomic E-state index is 0.00755. The summed E-state index contributed by atoms with van der Waals surface area (Å²) in [4.78, 5) is 19.2. The number of fused-ring (bicyclic) bond motifs is 1. The first-order valence-electron chi connectivity index (χ1n) is 7.88. The predicted octanol–water partition coefficient (Wildman–Crippen LogP) is 2.95. The smallest absolute Gasteiger partial charge is 0.275 e. The molecular formula is C18H18N4O. The number of aromatic nitrogens is 3. The van der Waals surface area contributed by atoms with E-state index in [0.717, 1.165) is 35.9 Å². The lowest BCUT2D eigenvalue weighted by molar-refractivity contribution is 0.0730. The summed E-state index contributed by atoms with van der Waals surface area (Å²) in [5.41, 5.74) is 2.62. The number of hydrogen-bond acceptors (Lipinski definition) is 3. The third kappa shape index (κ3) is 2.29. The molecule has 1 aliphatic heterocycles. The maximum Gasteiger partial charge on any atom is 0.275 e. The molecule has 0 N–H and O–H groups in total. The summed E-state index contributed by atoms with van der Waals surface area (Å²) in [6, 6.07) is 11.9. The van der Waals surface area contributed by atoms with Gasteiger partial charge in [0.1, 0.15) is 0 Å². The Balaban J connectivity index is 1.73. The first-order chi connectivity index (χ1) is 11.3. The number of likely N-dealkylation sites (tertiary alicyclic amines) is 1. The summed E-state index contributed by atoms with van der Waals surface area (Å²) in [6.45, 7) is 0.767. The van der Waals surface area contributed by atoms with Crippen LogP contribution in [0.5, 0.6) is 0 Å². The van der Waals surface area contributed by atoms with Gasteiger partial charge in [-0.2, -0.15) is 5.10 Å². The Morgan fingerprint density at radius 1 is 1.22 bits per heavy atom. The fraction of sp³-hybridized carbons (Fsp3) is 0.278. The number of benzene rings is 1. The molecule has 3 heterocycles. The standard InChI is InChI=1S/C18H18N4O/c1-21-16-8-3-2-7-14(16)17(20-21)18(23)22-11-5-9-15(22)13-6-4-10-19-12-13/h2-4,6-8,10,12,15H,5,9,11H2,1H3. The van der Waals surface area contributed by atoms with Gasteiger partial charge in [0.05, 0.1) is 11.6 Å². The van der Waals surface area contributed by atoms with Crippen LogP contribution in [-0.4, -0.2) is 32.1 Å². The van der Waals surface area contributed by atoms with Gasteiger partial charge in [-0.3, -0.25) is 14.5 Å². The molecule has 1 saturated heterocycles. The summed E-state index contributed by atoms with van der Waals surface area (Å²) >= 11 is 0. The van der Waals surface area contributed by atoms with Crippen molar-refractivity contribution in [1.82, 2.24) is 19.7 Å². The number of rotatable bonds is 2. The molecule has 116 valence electrons. The Bertz CT molecular complexity index is 856. The molecule has 0 radical (unpaired) electrons. The largest absolute Gasteiger partial charge is 0.330 e. The van der Waals surface area contributed by atoms with Crippen molar-refractivity contribution in [2.45, 2.75) is 18.9 Å². The van der Waals surface area contributed by atoms with E-state index in [0.29, 0.717) is 5.69 Å². The third-order valence-electron chi connectivity index (χ3n) is 4.54. The number of carbonyl (C=O) groups is 1. The quantitative estimate of drug-likeness (QED) is 0.731. The zero-order chi connectivity index (χ0) is 15.8. The van der Waals surface area contributed by atoms with Crippen molar-refractivity contribution in [3.8, 4) is 0 Å². The fourth-order valence-corrected chi connectivity index (χ4v) is 3.44. The first-order valence-corrected chi connectivity index (χ1v) is 7.88. The molecule has 23 heavy (non-hydrogen) atoms. The average molecular weight is 306 g/mol. The Morgan fingerprint density at radius 2 is 2.09 bits per heavy atom. The predicted molar refractivity (Wildman–Crippen MR) is 88.0 cm³/mol. The van der Waals surface area contributed by atoms with Gasteiger partial charge in [0, 0.05) is 31.4 Å². The lowest BCUT2D eigenvalue weighted by Gasteiger charge is -2.24. The van der Waals surface area contributed by atoms with E-state index < -0.39 is 0 Å². The maximum atomic E-state index is 13.1. The van der Waals surface area contributed by atoms with Crippen LogP contribution < -0.4 is 0 Å². The normalized spacial score (nSPS) is 17.8. The molecule has 1 atom stereocenters. The van der Waals surface area contributed by atoms with Gasteiger partial charge in [0.15, 0.2) is 5.69 Å². The summed E-state index contributed by atoms with van der Waals surface area (Å²) in [7, 11) is 1.88. The van der Waals surface area contributed by atoms with E-state index in [1.807, 2.05) is 54.5 Å². The molecular weight excluding hydrogens is 288 g/mol. The van der Waals surface area contributed by atoms with Gasteiger partial charge in [0.25, 0.3) is 5.91 Å². The Morgan fingerprint density at radius 3 is 2.91 bits per heavy atom. The Kier molecular flexibility index (Phi) is 3.33. The van der Waals surface area contributed by atoms with Gasteiger partial charge in [-0.15, -0.1) is 0 Å². The minimum Gasteiger partial charge on any atom is -0.330 e. The second-order valence-corrected chi connectivity index (χ2v) is 5.93. The van der Waals surface area contributed by atoms with Crippen LogP contribution in [-0.2, 0) is 7.05 Å². The van der Waals surface area contributed by atoms with Crippen molar-refractivity contribution < 1.29 is 4.79 Å². The monoisotopic (exact) mass is 306 g/mol.